The molecule has 0 spiro atoms. The number of alkyl halides is 5. The standard InChI is InChI=1S/C23H23ClF5N3O2S/c1-22(9-4-10-35-2)13-32(21(33)30-15-5-3-6-16(12-15)34-20(25)26)31-19(22)14-7-8-17(18(24)11-14)23(27,28)29/h3,5-8,11-12,20H,4,9-10,13H2,1-2H3,(H,30,33). The fourth-order valence-electron chi connectivity index (χ4n) is 3.84. The maximum absolute atomic E-state index is 13.2. The Hall–Kier alpha value is -2.53. The maximum Gasteiger partial charge on any atom is 0.417 e. The zero-order chi connectivity index (χ0) is 25.8. The Morgan fingerprint density at radius 2 is 2.03 bits per heavy atom. The molecule has 0 saturated heterocycles. The van der Waals surface area contributed by atoms with Crippen LogP contribution < -0.4 is 10.1 Å². The number of urea groups is 1. The number of nitrogens with zero attached hydrogens (tertiary/aromatic N) is 2. The number of hydrazone groups is 1. The molecule has 5 nitrogen and oxygen atoms in total. The molecule has 12 heteroatoms. The lowest BCUT2D eigenvalue weighted by Crippen LogP contribution is -2.36. The summed E-state index contributed by atoms with van der Waals surface area (Å²) in [6.45, 7) is -0.944. The molecule has 1 heterocycles. The van der Waals surface area contributed by atoms with Crippen molar-refractivity contribution in [2.75, 3.05) is 23.9 Å². The monoisotopic (exact) mass is 535 g/mol. The Morgan fingerprint density at radius 1 is 1.29 bits per heavy atom. The summed E-state index contributed by atoms with van der Waals surface area (Å²) in [5.41, 5.74) is -0.544. The van der Waals surface area contributed by atoms with Crippen molar-refractivity contribution in [1.82, 2.24) is 5.01 Å². The normalized spacial score (nSPS) is 18.1. The number of nitrogens with one attached hydrogen (secondary N) is 1. The summed E-state index contributed by atoms with van der Waals surface area (Å²) in [4.78, 5) is 12.9. The highest BCUT2D eigenvalue weighted by Crippen LogP contribution is 2.39. The van der Waals surface area contributed by atoms with Gasteiger partial charge in [0.05, 0.1) is 22.8 Å². The predicted molar refractivity (Wildman–Crippen MR) is 128 cm³/mol. The maximum atomic E-state index is 13.2. The van der Waals surface area contributed by atoms with E-state index in [1.165, 1.54) is 41.4 Å². The van der Waals surface area contributed by atoms with E-state index >= 15 is 0 Å². The van der Waals surface area contributed by atoms with Crippen LogP contribution in [-0.4, -0.2) is 41.9 Å². The Kier molecular flexibility index (Phi) is 8.53. The molecule has 2 aromatic rings. The Balaban J connectivity index is 1.88. The summed E-state index contributed by atoms with van der Waals surface area (Å²) in [5, 5.41) is 7.75. The van der Waals surface area contributed by atoms with E-state index in [2.05, 4.69) is 15.2 Å². The zero-order valence-electron chi connectivity index (χ0n) is 18.8. The van der Waals surface area contributed by atoms with Crippen molar-refractivity contribution in [3.8, 4) is 5.75 Å². The van der Waals surface area contributed by atoms with Crippen LogP contribution in [-0.2, 0) is 6.18 Å². The van der Waals surface area contributed by atoms with Crippen LogP contribution in [0.15, 0.2) is 47.6 Å². The van der Waals surface area contributed by atoms with E-state index in [0.29, 0.717) is 17.7 Å². The fraction of sp³-hybridized carbons (Fsp3) is 0.391. The van der Waals surface area contributed by atoms with Gasteiger partial charge in [-0.1, -0.05) is 30.7 Å². The smallest absolute Gasteiger partial charge is 0.417 e. The van der Waals surface area contributed by atoms with Gasteiger partial charge in [0.15, 0.2) is 0 Å². The molecule has 2 amide bonds. The van der Waals surface area contributed by atoms with Gasteiger partial charge >= 0.3 is 18.8 Å². The Labute approximate surface area is 208 Å². The number of rotatable bonds is 8. The quantitative estimate of drug-likeness (QED) is 0.284. The zero-order valence-corrected chi connectivity index (χ0v) is 20.4. The molecular formula is C23H23ClF5N3O2S. The lowest BCUT2D eigenvalue weighted by atomic mass is 9.78. The highest BCUT2D eigenvalue weighted by Gasteiger charge is 2.42. The van der Waals surface area contributed by atoms with E-state index in [9.17, 15) is 26.7 Å². The third-order valence-electron chi connectivity index (χ3n) is 5.46. The molecule has 2 aromatic carbocycles. The summed E-state index contributed by atoms with van der Waals surface area (Å²) in [7, 11) is 0. The SMILES string of the molecule is CSCCCC1(C)CN(C(=O)Nc2cccc(OC(F)F)c2)N=C1c1ccc(C(F)(F)F)c(Cl)c1. The second kappa shape index (κ2) is 11.0. The van der Waals surface area contributed by atoms with E-state index in [1.807, 2.05) is 13.2 Å². The molecule has 1 aliphatic heterocycles. The summed E-state index contributed by atoms with van der Waals surface area (Å²) in [6.07, 6.45) is -1.20. The van der Waals surface area contributed by atoms with Crippen molar-refractivity contribution in [3.63, 3.8) is 0 Å². The van der Waals surface area contributed by atoms with Gasteiger partial charge in [-0.3, -0.25) is 0 Å². The fourth-order valence-corrected chi connectivity index (χ4v) is 4.56. The first-order valence-electron chi connectivity index (χ1n) is 10.5. The van der Waals surface area contributed by atoms with Gasteiger partial charge in [0.2, 0.25) is 0 Å². The van der Waals surface area contributed by atoms with E-state index in [-0.39, 0.29) is 18.0 Å². The molecule has 0 aromatic heterocycles. The lowest BCUT2D eigenvalue weighted by Gasteiger charge is -2.26. The number of carbonyl (C=O) groups excluding carboxylic acids is 1. The van der Waals surface area contributed by atoms with Gasteiger partial charge in [0.1, 0.15) is 5.75 Å². The first kappa shape index (κ1) is 27.1. The summed E-state index contributed by atoms with van der Waals surface area (Å²) < 4.78 is 68.8. The molecule has 0 saturated carbocycles. The predicted octanol–water partition coefficient (Wildman–Crippen LogP) is 7.36. The third-order valence-corrected chi connectivity index (χ3v) is 6.47. The largest absolute Gasteiger partial charge is 0.435 e. The van der Waals surface area contributed by atoms with Gasteiger partial charge in [0, 0.05) is 17.2 Å². The van der Waals surface area contributed by atoms with Crippen LogP contribution in [0.5, 0.6) is 5.75 Å². The van der Waals surface area contributed by atoms with Gasteiger partial charge in [0.25, 0.3) is 0 Å². The minimum atomic E-state index is -4.59. The second-order valence-corrected chi connectivity index (χ2v) is 9.58. The van der Waals surface area contributed by atoms with Gasteiger partial charge in [-0.25, -0.2) is 9.80 Å². The van der Waals surface area contributed by atoms with Crippen molar-refractivity contribution >= 4 is 40.8 Å². The highest BCUT2D eigenvalue weighted by molar-refractivity contribution is 7.98. The van der Waals surface area contributed by atoms with Crippen LogP contribution in [0.1, 0.15) is 30.9 Å². The summed E-state index contributed by atoms with van der Waals surface area (Å²) in [6, 6.07) is 8.31. The van der Waals surface area contributed by atoms with Crippen molar-refractivity contribution < 1.29 is 31.5 Å². The van der Waals surface area contributed by atoms with Crippen LogP contribution in [0.2, 0.25) is 5.02 Å². The van der Waals surface area contributed by atoms with Gasteiger partial charge in [-0.15, -0.1) is 0 Å². The molecule has 0 fully saturated rings. The molecule has 0 aliphatic carbocycles. The summed E-state index contributed by atoms with van der Waals surface area (Å²) in [5.74, 6) is 0.740. The number of hydrogen-bond donors (Lipinski definition) is 1. The number of ether oxygens (including phenoxy) is 1. The van der Waals surface area contributed by atoms with Crippen LogP contribution in [0.3, 0.4) is 0 Å². The minimum Gasteiger partial charge on any atom is -0.435 e. The van der Waals surface area contributed by atoms with Gasteiger partial charge < -0.3 is 10.1 Å². The van der Waals surface area contributed by atoms with Gasteiger partial charge in [-0.2, -0.15) is 38.8 Å². The minimum absolute atomic E-state index is 0.121. The van der Waals surface area contributed by atoms with Crippen LogP contribution in [0.25, 0.3) is 0 Å². The van der Waals surface area contributed by atoms with Crippen LogP contribution in [0, 0.1) is 5.41 Å². The molecular weight excluding hydrogens is 513 g/mol. The second-order valence-electron chi connectivity index (χ2n) is 8.19. The highest BCUT2D eigenvalue weighted by atomic mass is 35.5. The number of halogens is 6. The number of anilines is 1. The molecule has 1 aliphatic rings. The first-order chi connectivity index (χ1) is 16.4. The van der Waals surface area contributed by atoms with E-state index in [1.54, 1.807) is 11.8 Å². The van der Waals surface area contributed by atoms with E-state index in [0.717, 1.165) is 18.2 Å². The molecule has 0 radical (unpaired) electrons. The number of carbonyl (C=O) groups is 1. The number of benzene rings is 2. The van der Waals surface area contributed by atoms with E-state index in [4.69, 9.17) is 11.6 Å². The third kappa shape index (κ3) is 6.78. The molecule has 3 rings (SSSR count). The average molecular weight is 536 g/mol. The summed E-state index contributed by atoms with van der Waals surface area (Å²) >= 11 is 7.59. The number of thioether (sulfide) groups is 1. The van der Waals surface area contributed by atoms with Crippen LogP contribution in [0.4, 0.5) is 32.4 Å². The van der Waals surface area contributed by atoms with Crippen molar-refractivity contribution in [2.45, 2.75) is 32.6 Å². The Bertz CT molecular complexity index is 1100. The van der Waals surface area contributed by atoms with Crippen LogP contribution >= 0.6 is 23.4 Å². The number of amides is 2. The van der Waals surface area contributed by atoms with Gasteiger partial charge in [-0.05, 0) is 54.7 Å². The van der Waals surface area contributed by atoms with E-state index < -0.39 is 34.8 Å². The first-order valence-corrected chi connectivity index (χ1v) is 12.3. The van der Waals surface area contributed by atoms with Crippen molar-refractivity contribution in [2.24, 2.45) is 10.5 Å². The average Bonchev–Trinajstić information content (AvgIpc) is 3.10. The van der Waals surface area contributed by atoms with Crippen molar-refractivity contribution in [3.05, 3.63) is 58.6 Å². The molecule has 35 heavy (non-hydrogen) atoms. The number of hydrogen-bond acceptors (Lipinski definition) is 4. The molecule has 190 valence electrons. The molecule has 1 unspecified atom stereocenters. The molecule has 0 bridgehead atoms. The van der Waals surface area contributed by atoms with Crippen molar-refractivity contribution in [1.29, 1.82) is 0 Å². The lowest BCUT2D eigenvalue weighted by molar-refractivity contribution is -0.137. The molecule has 1 atom stereocenters. The topological polar surface area (TPSA) is 53.9 Å². The molecule has 1 N–H and O–H groups in total. The Morgan fingerprint density at radius 3 is 2.66 bits per heavy atom.